The Hall–Kier alpha value is -1.07. The van der Waals surface area contributed by atoms with Gasteiger partial charge in [0.25, 0.3) is 0 Å². The zero-order valence-electron chi connectivity index (χ0n) is 11.3. The Kier molecular flexibility index (Phi) is 3.15. The number of hydrogen-bond acceptors (Lipinski definition) is 3. The minimum Gasteiger partial charge on any atom is -0.382 e. The van der Waals surface area contributed by atoms with Gasteiger partial charge in [-0.2, -0.15) is 0 Å². The molecule has 1 unspecified atom stereocenters. The van der Waals surface area contributed by atoms with Crippen molar-refractivity contribution in [2.45, 2.75) is 31.2 Å². The van der Waals surface area contributed by atoms with Gasteiger partial charge < -0.3 is 5.32 Å². The normalized spacial score (nSPS) is 21.9. The van der Waals surface area contributed by atoms with Gasteiger partial charge in [0.2, 0.25) is 10.0 Å². The van der Waals surface area contributed by atoms with E-state index >= 15 is 0 Å². The van der Waals surface area contributed by atoms with Crippen molar-refractivity contribution in [2.24, 2.45) is 5.41 Å². The summed E-state index contributed by atoms with van der Waals surface area (Å²) >= 11 is 0. The van der Waals surface area contributed by atoms with Crippen LogP contribution in [0, 0.1) is 5.41 Å². The zero-order valence-corrected chi connectivity index (χ0v) is 12.1. The Morgan fingerprint density at radius 1 is 1.22 bits per heavy atom. The number of nitrogens with one attached hydrogen (secondary N) is 1. The van der Waals surface area contributed by atoms with Gasteiger partial charge in [0.1, 0.15) is 0 Å². The SMILES string of the molecule is CN(C)S(=O)(=O)c1ccc(NC2CC2(C)C)cc1. The molecule has 2 rings (SSSR count). The molecule has 1 aromatic carbocycles. The molecule has 1 N–H and O–H groups in total. The summed E-state index contributed by atoms with van der Waals surface area (Å²) in [6, 6.07) is 7.43. The Morgan fingerprint density at radius 2 is 1.72 bits per heavy atom. The molecule has 0 saturated heterocycles. The van der Waals surface area contributed by atoms with E-state index in [2.05, 4.69) is 19.2 Å². The molecular formula is C13H20N2O2S. The first-order chi connectivity index (χ1) is 8.23. The molecule has 1 fully saturated rings. The van der Waals surface area contributed by atoms with E-state index in [1.54, 1.807) is 12.1 Å². The number of rotatable bonds is 4. The van der Waals surface area contributed by atoms with Gasteiger partial charge in [0.15, 0.2) is 0 Å². The molecule has 0 aliphatic heterocycles. The first-order valence-corrected chi connectivity index (χ1v) is 7.47. The Bertz CT molecular complexity index is 533. The highest BCUT2D eigenvalue weighted by molar-refractivity contribution is 7.89. The van der Waals surface area contributed by atoms with Crippen molar-refractivity contribution in [2.75, 3.05) is 19.4 Å². The van der Waals surface area contributed by atoms with Gasteiger partial charge in [0.05, 0.1) is 4.90 Å². The maximum Gasteiger partial charge on any atom is 0.242 e. The lowest BCUT2D eigenvalue weighted by Gasteiger charge is -2.12. The molecule has 0 radical (unpaired) electrons. The van der Waals surface area contributed by atoms with Crippen LogP contribution in [-0.2, 0) is 10.0 Å². The largest absolute Gasteiger partial charge is 0.382 e. The van der Waals surface area contributed by atoms with E-state index in [4.69, 9.17) is 0 Å². The number of sulfonamides is 1. The quantitative estimate of drug-likeness (QED) is 0.910. The van der Waals surface area contributed by atoms with Crippen molar-refractivity contribution in [3.63, 3.8) is 0 Å². The predicted octanol–water partition coefficient (Wildman–Crippen LogP) is 2.15. The average molecular weight is 268 g/mol. The third kappa shape index (κ3) is 2.52. The highest BCUT2D eigenvalue weighted by atomic mass is 32.2. The molecule has 1 atom stereocenters. The minimum absolute atomic E-state index is 0.327. The molecule has 1 saturated carbocycles. The molecule has 5 heteroatoms. The Morgan fingerprint density at radius 3 is 2.11 bits per heavy atom. The summed E-state index contributed by atoms with van der Waals surface area (Å²) in [5, 5.41) is 3.41. The lowest BCUT2D eigenvalue weighted by molar-refractivity contribution is 0.521. The third-order valence-electron chi connectivity index (χ3n) is 3.49. The van der Waals surface area contributed by atoms with Gasteiger partial charge in [-0.1, -0.05) is 13.8 Å². The van der Waals surface area contributed by atoms with Crippen molar-refractivity contribution in [3.8, 4) is 0 Å². The number of hydrogen-bond donors (Lipinski definition) is 1. The van der Waals surface area contributed by atoms with E-state index in [0.29, 0.717) is 16.4 Å². The van der Waals surface area contributed by atoms with Crippen LogP contribution in [-0.4, -0.2) is 32.9 Å². The summed E-state index contributed by atoms with van der Waals surface area (Å²) in [6.45, 7) is 4.44. The molecule has 0 amide bonds. The van der Waals surface area contributed by atoms with E-state index in [-0.39, 0.29) is 0 Å². The van der Waals surface area contributed by atoms with E-state index in [0.717, 1.165) is 12.1 Å². The minimum atomic E-state index is -3.32. The lowest BCUT2D eigenvalue weighted by atomic mass is 10.2. The van der Waals surface area contributed by atoms with Crippen molar-refractivity contribution < 1.29 is 8.42 Å². The fourth-order valence-corrected chi connectivity index (χ4v) is 2.75. The van der Waals surface area contributed by atoms with E-state index in [1.807, 2.05) is 12.1 Å². The Balaban J connectivity index is 2.11. The van der Waals surface area contributed by atoms with Crippen molar-refractivity contribution in [1.82, 2.24) is 4.31 Å². The second-order valence-electron chi connectivity index (χ2n) is 5.70. The molecular weight excluding hydrogens is 248 g/mol. The average Bonchev–Trinajstić information content (AvgIpc) is 2.86. The standard InChI is InChI=1S/C13H20N2O2S/c1-13(2)9-12(13)14-10-5-7-11(8-6-10)18(16,17)15(3)4/h5-8,12,14H,9H2,1-4H3. The van der Waals surface area contributed by atoms with Crippen LogP contribution in [0.4, 0.5) is 5.69 Å². The van der Waals surface area contributed by atoms with E-state index in [9.17, 15) is 8.42 Å². The van der Waals surface area contributed by atoms with Gasteiger partial charge in [-0.05, 0) is 36.1 Å². The summed E-state index contributed by atoms with van der Waals surface area (Å²) in [6.07, 6.45) is 1.16. The fourth-order valence-electron chi connectivity index (χ4n) is 1.85. The first-order valence-electron chi connectivity index (χ1n) is 6.02. The summed E-state index contributed by atoms with van der Waals surface area (Å²) in [5.74, 6) is 0. The highest BCUT2D eigenvalue weighted by Gasteiger charge is 2.45. The molecule has 0 heterocycles. The van der Waals surface area contributed by atoms with Crippen LogP contribution in [0.25, 0.3) is 0 Å². The van der Waals surface area contributed by atoms with Gasteiger partial charge in [-0.25, -0.2) is 12.7 Å². The molecule has 0 aromatic heterocycles. The molecule has 1 aliphatic rings. The van der Waals surface area contributed by atoms with Crippen LogP contribution in [0.2, 0.25) is 0 Å². The molecule has 1 aliphatic carbocycles. The smallest absolute Gasteiger partial charge is 0.242 e. The zero-order chi connectivity index (χ0) is 13.6. The summed E-state index contributed by atoms with van der Waals surface area (Å²) in [7, 11) is -0.252. The van der Waals surface area contributed by atoms with E-state index < -0.39 is 10.0 Å². The molecule has 18 heavy (non-hydrogen) atoms. The summed E-state index contributed by atoms with van der Waals surface area (Å²) < 4.78 is 25.0. The van der Waals surface area contributed by atoms with E-state index in [1.165, 1.54) is 18.4 Å². The fraction of sp³-hybridized carbons (Fsp3) is 0.538. The molecule has 0 bridgehead atoms. The second kappa shape index (κ2) is 4.24. The number of anilines is 1. The summed E-state index contributed by atoms with van der Waals surface area (Å²) in [4.78, 5) is 0.327. The van der Waals surface area contributed by atoms with Crippen molar-refractivity contribution >= 4 is 15.7 Å². The summed E-state index contributed by atoms with van der Waals surface area (Å²) in [5.41, 5.74) is 1.33. The molecule has 100 valence electrons. The molecule has 4 nitrogen and oxygen atoms in total. The van der Waals surface area contributed by atoms with Gasteiger partial charge in [0, 0.05) is 25.8 Å². The van der Waals surface area contributed by atoms with Crippen molar-refractivity contribution in [3.05, 3.63) is 24.3 Å². The van der Waals surface area contributed by atoms with Gasteiger partial charge >= 0.3 is 0 Å². The van der Waals surface area contributed by atoms with Gasteiger partial charge in [-0.15, -0.1) is 0 Å². The monoisotopic (exact) mass is 268 g/mol. The van der Waals surface area contributed by atoms with Crippen molar-refractivity contribution in [1.29, 1.82) is 0 Å². The van der Waals surface area contributed by atoms with Crippen LogP contribution >= 0.6 is 0 Å². The van der Waals surface area contributed by atoms with Gasteiger partial charge in [-0.3, -0.25) is 0 Å². The highest BCUT2D eigenvalue weighted by Crippen LogP contribution is 2.46. The maximum absolute atomic E-state index is 11.9. The van der Waals surface area contributed by atoms with Crippen LogP contribution in [0.15, 0.2) is 29.2 Å². The number of nitrogens with zero attached hydrogens (tertiary/aromatic N) is 1. The lowest BCUT2D eigenvalue weighted by Crippen LogP contribution is -2.22. The predicted molar refractivity (Wildman–Crippen MR) is 73.1 cm³/mol. The third-order valence-corrected chi connectivity index (χ3v) is 5.32. The van der Waals surface area contributed by atoms with Crippen LogP contribution in [0.1, 0.15) is 20.3 Å². The maximum atomic E-state index is 11.9. The number of benzene rings is 1. The van der Waals surface area contributed by atoms with Crippen LogP contribution < -0.4 is 5.32 Å². The second-order valence-corrected chi connectivity index (χ2v) is 7.85. The molecule has 0 spiro atoms. The van der Waals surface area contributed by atoms with Crippen LogP contribution in [0.3, 0.4) is 0 Å². The molecule has 1 aromatic rings. The topological polar surface area (TPSA) is 49.4 Å². The van der Waals surface area contributed by atoms with Crippen LogP contribution in [0.5, 0.6) is 0 Å². The first kappa shape index (κ1) is 13.4. The Labute approximate surface area is 109 Å².